The maximum atomic E-state index is 11.8. The molecule has 2 aliphatic rings. The van der Waals surface area contributed by atoms with E-state index in [1.165, 1.54) is 4.90 Å². The van der Waals surface area contributed by atoms with Crippen molar-refractivity contribution in [3.63, 3.8) is 0 Å². The monoisotopic (exact) mass is 225 g/mol. The number of fused-ring (bicyclic) bond motifs is 1. The summed E-state index contributed by atoms with van der Waals surface area (Å²) in [6.07, 6.45) is -0.511. The molecule has 7 heteroatoms. The molecule has 0 aromatic heterocycles. The maximum absolute atomic E-state index is 11.8. The van der Waals surface area contributed by atoms with Crippen LogP contribution in [-0.2, 0) is 4.79 Å². The average molecular weight is 225 g/mol. The Morgan fingerprint density at radius 2 is 2.06 bits per heavy atom. The first kappa shape index (κ1) is 10.7. The van der Waals surface area contributed by atoms with Crippen LogP contribution in [0.1, 0.15) is 13.8 Å². The number of rotatable bonds is 1. The second-order valence-corrected chi connectivity index (χ2v) is 4.25. The van der Waals surface area contributed by atoms with Crippen molar-refractivity contribution >= 4 is 17.9 Å². The van der Waals surface area contributed by atoms with Gasteiger partial charge in [-0.3, -0.25) is 10.1 Å². The van der Waals surface area contributed by atoms with Crippen LogP contribution in [0, 0.1) is 0 Å². The largest absolute Gasteiger partial charge is 0.370 e. The minimum Gasteiger partial charge on any atom is -0.370 e. The summed E-state index contributed by atoms with van der Waals surface area (Å²) in [5.41, 5.74) is 5.77. The second kappa shape index (κ2) is 3.36. The van der Waals surface area contributed by atoms with E-state index in [0.717, 1.165) is 0 Å². The number of likely N-dealkylation sites (N-methyl/N-ethyl adjacent to an activating group) is 1. The summed E-state index contributed by atoms with van der Waals surface area (Å²) in [7, 11) is 1.60. The molecule has 2 atom stereocenters. The summed E-state index contributed by atoms with van der Waals surface area (Å²) >= 11 is 0. The fourth-order valence-electron chi connectivity index (χ4n) is 2.09. The van der Waals surface area contributed by atoms with Crippen LogP contribution in [0.15, 0.2) is 4.99 Å². The molecule has 0 aliphatic carbocycles. The molecular formula is C9H15N5O2. The molecule has 0 saturated carbocycles. The number of hydrogen-bond donors (Lipinski definition) is 2. The zero-order valence-electron chi connectivity index (χ0n) is 9.47. The number of amides is 3. The molecule has 0 bridgehead atoms. The highest BCUT2D eigenvalue weighted by molar-refractivity contribution is 6.03. The Hall–Kier alpha value is -1.79. The van der Waals surface area contributed by atoms with E-state index in [0.29, 0.717) is 5.96 Å². The van der Waals surface area contributed by atoms with Crippen molar-refractivity contribution in [3.8, 4) is 0 Å². The molecule has 7 nitrogen and oxygen atoms in total. The van der Waals surface area contributed by atoms with Crippen molar-refractivity contribution in [3.05, 3.63) is 0 Å². The summed E-state index contributed by atoms with van der Waals surface area (Å²) in [4.78, 5) is 30.4. The molecule has 16 heavy (non-hydrogen) atoms. The van der Waals surface area contributed by atoms with Crippen LogP contribution in [-0.4, -0.2) is 53.0 Å². The van der Waals surface area contributed by atoms with Crippen LogP contribution in [0.25, 0.3) is 0 Å². The Kier molecular flexibility index (Phi) is 2.25. The first-order chi connectivity index (χ1) is 7.43. The van der Waals surface area contributed by atoms with Gasteiger partial charge in [-0.15, -0.1) is 0 Å². The lowest BCUT2D eigenvalue weighted by Gasteiger charge is -2.37. The zero-order chi connectivity index (χ0) is 12.0. The third-order valence-corrected chi connectivity index (χ3v) is 2.88. The normalized spacial score (nSPS) is 29.4. The number of guanidine groups is 1. The number of hydrogen-bond acceptors (Lipinski definition) is 5. The Morgan fingerprint density at radius 3 is 2.62 bits per heavy atom. The molecule has 0 spiro atoms. The van der Waals surface area contributed by atoms with Crippen molar-refractivity contribution in [1.82, 2.24) is 15.1 Å². The van der Waals surface area contributed by atoms with E-state index < -0.39 is 18.2 Å². The summed E-state index contributed by atoms with van der Waals surface area (Å²) in [5.74, 6) is -0.0345. The van der Waals surface area contributed by atoms with Gasteiger partial charge in [0.2, 0.25) is 0 Å². The van der Waals surface area contributed by atoms with Gasteiger partial charge in [0.25, 0.3) is 5.91 Å². The number of carbonyl (C=O) groups excluding carboxylic acids is 2. The maximum Gasteiger partial charge on any atom is 0.325 e. The number of urea groups is 1. The van der Waals surface area contributed by atoms with Gasteiger partial charge in [-0.1, -0.05) is 0 Å². The molecule has 88 valence electrons. The fraction of sp³-hybridized carbons (Fsp3) is 0.667. The van der Waals surface area contributed by atoms with Gasteiger partial charge in [0.15, 0.2) is 18.2 Å². The Labute approximate surface area is 93.3 Å². The number of nitrogens with zero attached hydrogens (tertiary/aromatic N) is 3. The van der Waals surface area contributed by atoms with Crippen LogP contribution in [0.4, 0.5) is 4.79 Å². The topological polar surface area (TPSA) is 91.0 Å². The van der Waals surface area contributed by atoms with Gasteiger partial charge in [-0.2, -0.15) is 0 Å². The van der Waals surface area contributed by atoms with E-state index in [1.807, 2.05) is 13.8 Å². The fourth-order valence-corrected chi connectivity index (χ4v) is 2.09. The minimum absolute atomic E-state index is 0.0612. The van der Waals surface area contributed by atoms with Crippen LogP contribution in [0.5, 0.6) is 0 Å². The molecule has 2 rings (SSSR count). The van der Waals surface area contributed by atoms with Gasteiger partial charge in [0, 0.05) is 13.1 Å². The molecule has 2 heterocycles. The van der Waals surface area contributed by atoms with E-state index in [9.17, 15) is 9.59 Å². The standard InChI is InChI=1S/C9H15N5O2/c1-4(2)14-5-6(11-8(14)10)13(3)9(16)12-7(5)15/h4-6H,1-3H3,(H2,10,11)(H,12,15,16). The van der Waals surface area contributed by atoms with E-state index in [2.05, 4.69) is 10.3 Å². The molecule has 1 saturated heterocycles. The van der Waals surface area contributed by atoms with E-state index in [4.69, 9.17) is 5.73 Å². The van der Waals surface area contributed by atoms with Crippen LogP contribution in [0.2, 0.25) is 0 Å². The molecule has 2 aliphatic heterocycles. The SMILES string of the molecule is CC(C)N1C(N)=NC2C1C(=O)NC(=O)N2C. The number of imide groups is 1. The third-order valence-electron chi connectivity index (χ3n) is 2.88. The number of aliphatic imine (C=N–C) groups is 1. The summed E-state index contributed by atoms with van der Waals surface area (Å²) in [6, 6.07) is -0.887. The van der Waals surface area contributed by atoms with Crippen molar-refractivity contribution in [2.75, 3.05) is 7.05 Å². The van der Waals surface area contributed by atoms with Crippen LogP contribution in [0.3, 0.4) is 0 Å². The average Bonchev–Trinajstić information content (AvgIpc) is 2.52. The number of nitrogens with one attached hydrogen (secondary N) is 1. The van der Waals surface area contributed by atoms with Gasteiger partial charge in [0.05, 0.1) is 0 Å². The number of carbonyl (C=O) groups is 2. The van der Waals surface area contributed by atoms with Gasteiger partial charge >= 0.3 is 6.03 Å². The summed E-state index contributed by atoms with van der Waals surface area (Å²) in [5, 5.41) is 2.28. The first-order valence-electron chi connectivity index (χ1n) is 5.12. The highest BCUT2D eigenvalue weighted by Gasteiger charge is 2.48. The molecule has 3 amide bonds. The van der Waals surface area contributed by atoms with Crippen molar-refractivity contribution in [2.24, 2.45) is 10.7 Å². The Morgan fingerprint density at radius 1 is 1.44 bits per heavy atom. The lowest BCUT2D eigenvalue weighted by molar-refractivity contribution is -0.127. The molecule has 0 radical (unpaired) electrons. The van der Waals surface area contributed by atoms with Gasteiger partial charge in [-0.25, -0.2) is 9.79 Å². The molecule has 3 N–H and O–H groups in total. The molecule has 2 unspecified atom stereocenters. The smallest absolute Gasteiger partial charge is 0.325 e. The van der Waals surface area contributed by atoms with E-state index in [-0.39, 0.29) is 11.9 Å². The predicted octanol–water partition coefficient (Wildman–Crippen LogP) is -1.10. The van der Waals surface area contributed by atoms with Gasteiger partial charge < -0.3 is 15.5 Å². The first-order valence-corrected chi connectivity index (χ1v) is 5.12. The van der Waals surface area contributed by atoms with E-state index in [1.54, 1.807) is 11.9 Å². The highest BCUT2D eigenvalue weighted by atomic mass is 16.2. The van der Waals surface area contributed by atoms with Gasteiger partial charge in [-0.05, 0) is 13.8 Å². The molecule has 0 aromatic rings. The Balaban J connectivity index is 2.36. The molecule has 0 aromatic carbocycles. The van der Waals surface area contributed by atoms with Gasteiger partial charge in [0.1, 0.15) is 0 Å². The Bertz CT molecular complexity index is 378. The van der Waals surface area contributed by atoms with Crippen LogP contribution < -0.4 is 11.1 Å². The lowest BCUT2D eigenvalue weighted by Crippen LogP contribution is -2.65. The van der Waals surface area contributed by atoms with Crippen molar-refractivity contribution in [2.45, 2.75) is 32.1 Å². The quantitative estimate of drug-likeness (QED) is 0.592. The molecule has 1 fully saturated rings. The molecular weight excluding hydrogens is 210 g/mol. The highest BCUT2D eigenvalue weighted by Crippen LogP contribution is 2.24. The summed E-state index contributed by atoms with van der Waals surface area (Å²) in [6.45, 7) is 3.85. The lowest BCUT2D eigenvalue weighted by atomic mass is 10.1. The van der Waals surface area contributed by atoms with Crippen molar-refractivity contribution < 1.29 is 9.59 Å². The summed E-state index contributed by atoms with van der Waals surface area (Å²) < 4.78 is 0. The number of nitrogens with two attached hydrogens (primary N) is 1. The second-order valence-electron chi connectivity index (χ2n) is 4.25. The minimum atomic E-state index is -0.511. The van der Waals surface area contributed by atoms with E-state index >= 15 is 0 Å². The third kappa shape index (κ3) is 1.31. The predicted molar refractivity (Wildman–Crippen MR) is 57.5 cm³/mol. The zero-order valence-corrected chi connectivity index (χ0v) is 9.47. The van der Waals surface area contributed by atoms with Crippen molar-refractivity contribution in [1.29, 1.82) is 0 Å². The van der Waals surface area contributed by atoms with Crippen LogP contribution >= 0.6 is 0 Å².